The Bertz CT molecular complexity index is 316. The van der Waals surface area contributed by atoms with Crippen LogP contribution in [0.2, 0.25) is 0 Å². The van der Waals surface area contributed by atoms with Crippen LogP contribution < -0.4 is 4.74 Å². The third-order valence-electron chi connectivity index (χ3n) is 1.98. The number of hydrogen-bond donors (Lipinski definition) is 0. The van der Waals surface area contributed by atoms with Crippen LogP contribution in [0.25, 0.3) is 0 Å². The molecule has 0 saturated heterocycles. The molecule has 0 spiro atoms. The quantitative estimate of drug-likeness (QED) is 0.725. The number of hydrogen-bond acceptors (Lipinski definition) is 1. The molecule has 0 atom stereocenters. The molecule has 0 aliphatic rings. The third-order valence-corrected chi connectivity index (χ3v) is 1.98. The highest BCUT2D eigenvalue weighted by Gasteiger charge is 2.24. The summed E-state index contributed by atoms with van der Waals surface area (Å²) < 4.78 is 31.1. The minimum atomic E-state index is -2.78. The van der Waals surface area contributed by atoms with Gasteiger partial charge in [-0.2, -0.15) is 0 Å². The van der Waals surface area contributed by atoms with E-state index in [2.05, 4.69) is 0 Å². The van der Waals surface area contributed by atoms with E-state index in [4.69, 9.17) is 4.74 Å². The predicted molar refractivity (Wildman–Crippen MR) is 51.9 cm³/mol. The monoisotopic (exact) mass is 200 g/mol. The standard InChI is InChI=1S/C11H14F2O/c1-4-14-10-6-5-9(7-8(10)2)11(3,12)13/h5-7H,4H2,1-3H3. The number of aryl methyl sites for hydroxylation is 1. The lowest BCUT2D eigenvalue weighted by Crippen LogP contribution is -2.07. The van der Waals surface area contributed by atoms with E-state index in [1.54, 1.807) is 13.0 Å². The van der Waals surface area contributed by atoms with Gasteiger partial charge in [-0.05, 0) is 37.6 Å². The molecule has 1 aromatic carbocycles. The van der Waals surface area contributed by atoms with Gasteiger partial charge < -0.3 is 4.74 Å². The molecular weight excluding hydrogens is 186 g/mol. The van der Waals surface area contributed by atoms with Crippen molar-refractivity contribution in [2.45, 2.75) is 26.7 Å². The highest BCUT2D eigenvalue weighted by molar-refractivity contribution is 5.37. The van der Waals surface area contributed by atoms with Crippen LogP contribution in [0, 0.1) is 6.92 Å². The molecule has 0 saturated carbocycles. The molecule has 3 heteroatoms. The maximum Gasteiger partial charge on any atom is 0.270 e. The number of halogens is 2. The highest BCUT2D eigenvalue weighted by Crippen LogP contribution is 2.30. The summed E-state index contributed by atoms with van der Waals surface area (Å²) >= 11 is 0. The lowest BCUT2D eigenvalue weighted by atomic mass is 10.1. The van der Waals surface area contributed by atoms with E-state index in [1.165, 1.54) is 12.1 Å². The Hall–Kier alpha value is -1.12. The van der Waals surface area contributed by atoms with Crippen LogP contribution in [0.5, 0.6) is 5.75 Å². The molecule has 0 heterocycles. The van der Waals surface area contributed by atoms with E-state index in [0.717, 1.165) is 12.5 Å². The van der Waals surface area contributed by atoms with Crippen molar-refractivity contribution in [3.8, 4) is 5.75 Å². The molecule has 0 aliphatic heterocycles. The summed E-state index contributed by atoms with van der Waals surface area (Å²) in [7, 11) is 0. The fraction of sp³-hybridized carbons (Fsp3) is 0.455. The van der Waals surface area contributed by atoms with E-state index in [-0.39, 0.29) is 5.56 Å². The minimum Gasteiger partial charge on any atom is -0.494 e. The zero-order valence-electron chi connectivity index (χ0n) is 8.60. The van der Waals surface area contributed by atoms with Crippen molar-refractivity contribution >= 4 is 0 Å². The lowest BCUT2D eigenvalue weighted by Gasteiger charge is -2.13. The van der Waals surface area contributed by atoms with Gasteiger partial charge in [0.05, 0.1) is 6.61 Å². The van der Waals surface area contributed by atoms with Gasteiger partial charge in [-0.1, -0.05) is 0 Å². The van der Waals surface area contributed by atoms with Crippen molar-refractivity contribution in [2.24, 2.45) is 0 Å². The van der Waals surface area contributed by atoms with E-state index in [9.17, 15) is 8.78 Å². The Kier molecular flexibility index (Phi) is 3.09. The molecule has 0 aromatic heterocycles. The van der Waals surface area contributed by atoms with Crippen molar-refractivity contribution in [1.29, 1.82) is 0 Å². The van der Waals surface area contributed by atoms with Crippen LogP contribution in [0.15, 0.2) is 18.2 Å². The maximum atomic E-state index is 12.9. The Morgan fingerprint density at radius 2 is 2.00 bits per heavy atom. The van der Waals surface area contributed by atoms with Crippen molar-refractivity contribution in [3.05, 3.63) is 29.3 Å². The molecule has 0 unspecified atom stereocenters. The van der Waals surface area contributed by atoms with Gasteiger partial charge in [-0.25, -0.2) is 8.78 Å². The van der Waals surface area contributed by atoms with Crippen LogP contribution in [-0.2, 0) is 5.92 Å². The smallest absolute Gasteiger partial charge is 0.270 e. The third kappa shape index (κ3) is 2.44. The fourth-order valence-electron chi connectivity index (χ4n) is 1.24. The van der Waals surface area contributed by atoms with Crippen LogP contribution in [-0.4, -0.2) is 6.61 Å². The van der Waals surface area contributed by atoms with Crippen molar-refractivity contribution < 1.29 is 13.5 Å². The molecule has 14 heavy (non-hydrogen) atoms. The van der Waals surface area contributed by atoms with E-state index < -0.39 is 5.92 Å². The van der Waals surface area contributed by atoms with Gasteiger partial charge in [0.25, 0.3) is 5.92 Å². The topological polar surface area (TPSA) is 9.23 Å². The first-order valence-corrected chi connectivity index (χ1v) is 4.57. The van der Waals surface area contributed by atoms with Gasteiger partial charge in [0.15, 0.2) is 0 Å². The Balaban J connectivity index is 3.01. The molecular formula is C11H14F2O. The first-order chi connectivity index (χ1) is 6.45. The molecule has 1 nitrogen and oxygen atoms in total. The van der Waals surface area contributed by atoms with Crippen molar-refractivity contribution in [3.63, 3.8) is 0 Å². The average molecular weight is 200 g/mol. The lowest BCUT2D eigenvalue weighted by molar-refractivity contribution is 0.0173. The molecule has 0 radical (unpaired) electrons. The summed E-state index contributed by atoms with van der Waals surface area (Å²) in [5, 5.41) is 0. The van der Waals surface area contributed by atoms with Gasteiger partial charge in [0, 0.05) is 12.5 Å². The number of rotatable bonds is 3. The second-order valence-electron chi connectivity index (χ2n) is 3.30. The summed E-state index contributed by atoms with van der Waals surface area (Å²) in [6, 6.07) is 4.45. The summed E-state index contributed by atoms with van der Waals surface area (Å²) in [6.07, 6.45) is 0. The first-order valence-electron chi connectivity index (χ1n) is 4.57. The molecule has 0 bridgehead atoms. The second kappa shape index (κ2) is 3.95. The maximum absolute atomic E-state index is 12.9. The van der Waals surface area contributed by atoms with E-state index >= 15 is 0 Å². The summed E-state index contributed by atoms with van der Waals surface area (Å²) in [5.74, 6) is -2.12. The van der Waals surface area contributed by atoms with Crippen LogP contribution >= 0.6 is 0 Å². The number of alkyl halides is 2. The molecule has 0 fully saturated rings. The Morgan fingerprint density at radius 3 is 2.43 bits per heavy atom. The Morgan fingerprint density at radius 1 is 1.36 bits per heavy atom. The van der Waals surface area contributed by atoms with Crippen LogP contribution in [0.4, 0.5) is 8.78 Å². The molecule has 1 rings (SSSR count). The predicted octanol–water partition coefficient (Wildman–Crippen LogP) is 3.51. The molecule has 78 valence electrons. The average Bonchev–Trinajstić information content (AvgIpc) is 2.07. The molecule has 0 amide bonds. The fourth-order valence-corrected chi connectivity index (χ4v) is 1.24. The Labute approximate surface area is 82.7 Å². The van der Waals surface area contributed by atoms with Crippen molar-refractivity contribution in [1.82, 2.24) is 0 Å². The normalized spacial score (nSPS) is 11.5. The summed E-state index contributed by atoms with van der Waals surface area (Å²) in [6.45, 7) is 5.06. The molecule has 0 N–H and O–H groups in total. The van der Waals surface area contributed by atoms with E-state index in [1.807, 2.05) is 6.92 Å². The van der Waals surface area contributed by atoms with Crippen molar-refractivity contribution in [2.75, 3.05) is 6.61 Å². The number of benzene rings is 1. The van der Waals surface area contributed by atoms with Gasteiger partial charge in [-0.3, -0.25) is 0 Å². The largest absolute Gasteiger partial charge is 0.494 e. The van der Waals surface area contributed by atoms with Gasteiger partial charge in [0.2, 0.25) is 0 Å². The van der Waals surface area contributed by atoms with E-state index in [0.29, 0.717) is 12.4 Å². The zero-order valence-corrected chi connectivity index (χ0v) is 8.60. The number of ether oxygens (including phenoxy) is 1. The molecule has 1 aromatic rings. The van der Waals surface area contributed by atoms with Crippen LogP contribution in [0.3, 0.4) is 0 Å². The zero-order chi connectivity index (χ0) is 10.8. The van der Waals surface area contributed by atoms with Crippen LogP contribution in [0.1, 0.15) is 25.0 Å². The van der Waals surface area contributed by atoms with Gasteiger partial charge >= 0.3 is 0 Å². The van der Waals surface area contributed by atoms with Gasteiger partial charge in [-0.15, -0.1) is 0 Å². The highest BCUT2D eigenvalue weighted by atomic mass is 19.3. The molecule has 0 aliphatic carbocycles. The summed E-state index contributed by atoms with van der Waals surface area (Å²) in [5.41, 5.74) is 0.768. The second-order valence-corrected chi connectivity index (χ2v) is 3.30. The van der Waals surface area contributed by atoms with Gasteiger partial charge in [0.1, 0.15) is 5.75 Å². The minimum absolute atomic E-state index is 0.0263. The first kappa shape index (κ1) is 11.0. The SMILES string of the molecule is CCOc1ccc(C(C)(F)F)cc1C. The summed E-state index contributed by atoms with van der Waals surface area (Å²) in [4.78, 5) is 0.